The number of nitrogens with two attached hydrogens (primary N) is 1. The average molecular weight is 312 g/mol. The molecule has 106 valence electrons. The number of carbonyl (C=O) groups excluding carboxylic acids is 1. The van der Waals surface area contributed by atoms with Gasteiger partial charge >= 0.3 is 0 Å². The number of carbonyl (C=O) groups is 1. The summed E-state index contributed by atoms with van der Waals surface area (Å²) in [6.07, 6.45) is 0.189. The van der Waals surface area contributed by atoms with E-state index in [9.17, 15) is 4.79 Å². The minimum Gasteiger partial charge on any atom is -0.398 e. The highest BCUT2D eigenvalue weighted by molar-refractivity contribution is 6.33. The molecule has 0 atom stereocenters. The van der Waals surface area contributed by atoms with Crippen LogP contribution in [0.4, 0.5) is 5.69 Å². The van der Waals surface area contributed by atoms with E-state index in [1.165, 1.54) is 0 Å². The van der Waals surface area contributed by atoms with Crippen LogP contribution in [0.15, 0.2) is 18.2 Å². The van der Waals surface area contributed by atoms with Gasteiger partial charge in [-0.1, -0.05) is 23.2 Å². The molecular formula is C14H15Cl2N3O. The van der Waals surface area contributed by atoms with E-state index >= 15 is 0 Å². The minimum absolute atomic E-state index is 0.0649. The van der Waals surface area contributed by atoms with Crippen molar-refractivity contribution in [2.24, 2.45) is 0 Å². The van der Waals surface area contributed by atoms with Crippen LogP contribution in [0.2, 0.25) is 10.0 Å². The van der Waals surface area contributed by atoms with Crippen molar-refractivity contribution in [3.05, 3.63) is 45.2 Å². The Bertz CT molecular complexity index is 665. The number of hydrogen-bond acceptors (Lipinski definition) is 3. The maximum Gasteiger partial charge on any atom is 0.168 e. The Morgan fingerprint density at radius 1 is 1.40 bits per heavy atom. The van der Waals surface area contributed by atoms with Crippen molar-refractivity contribution in [1.29, 1.82) is 0 Å². The molecule has 0 amide bonds. The molecule has 0 saturated heterocycles. The molecule has 0 unspecified atom stereocenters. The third-order valence-electron chi connectivity index (χ3n) is 3.10. The van der Waals surface area contributed by atoms with E-state index in [0.29, 0.717) is 27.8 Å². The van der Waals surface area contributed by atoms with Crippen LogP contribution >= 0.6 is 23.2 Å². The van der Waals surface area contributed by atoms with Crippen LogP contribution in [-0.2, 0) is 13.0 Å². The lowest BCUT2D eigenvalue weighted by Gasteiger charge is -2.06. The molecule has 1 aromatic heterocycles. The Kier molecular flexibility index (Phi) is 4.35. The van der Waals surface area contributed by atoms with Crippen molar-refractivity contribution < 1.29 is 4.79 Å². The monoisotopic (exact) mass is 311 g/mol. The summed E-state index contributed by atoms with van der Waals surface area (Å²) in [6, 6.07) is 4.86. The third-order valence-corrected chi connectivity index (χ3v) is 3.93. The Morgan fingerprint density at radius 3 is 2.70 bits per heavy atom. The molecule has 0 aliphatic carbocycles. The number of halogens is 2. The molecule has 2 N–H and O–H groups in total. The van der Waals surface area contributed by atoms with Gasteiger partial charge in [-0.3, -0.25) is 9.48 Å². The summed E-state index contributed by atoms with van der Waals surface area (Å²) < 4.78 is 1.74. The highest BCUT2D eigenvalue weighted by Gasteiger charge is 2.17. The molecule has 0 aliphatic heterocycles. The first-order valence-corrected chi connectivity index (χ1v) is 6.99. The van der Waals surface area contributed by atoms with Crippen molar-refractivity contribution in [2.75, 3.05) is 5.73 Å². The number of anilines is 1. The van der Waals surface area contributed by atoms with Gasteiger partial charge in [0.2, 0.25) is 0 Å². The zero-order valence-electron chi connectivity index (χ0n) is 11.3. The summed E-state index contributed by atoms with van der Waals surface area (Å²) >= 11 is 12.0. The van der Waals surface area contributed by atoms with Crippen LogP contribution in [0.3, 0.4) is 0 Å². The van der Waals surface area contributed by atoms with Crippen LogP contribution in [0.5, 0.6) is 0 Å². The summed E-state index contributed by atoms with van der Waals surface area (Å²) in [4.78, 5) is 12.3. The Morgan fingerprint density at radius 2 is 2.10 bits per heavy atom. The lowest BCUT2D eigenvalue weighted by molar-refractivity contribution is 0.0990. The number of nitrogens with zero attached hydrogens (tertiary/aromatic N) is 2. The second-order valence-electron chi connectivity index (χ2n) is 4.50. The van der Waals surface area contributed by atoms with Crippen LogP contribution < -0.4 is 5.73 Å². The summed E-state index contributed by atoms with van der Waals surface area (Å²) in [5.74, 6) is -0.0649. The van der Waals surface area contributed by atoms with Gasteiger partial charge in [-0.05, 0) is 32.0 Å². The zero-order valence-corrected chi connectivity index (χ0v) is 12.8. The van der Waals surface area contributed by atoms with Crippen molar-refractivity contribution in [3.8, 4) is 0 Å². The number of ketones is 1. The molecule has 0 aliphatic rings. The van der Waals surface area contributed by atoms with Gasteiger partial charge in [-0.2, -0.15) is 5.10 Å². The van der Waals surface area contributed by atoms with Gasteiger partial charge in [0.25, 0.3) is 0 Å². The Balaban J connectivity index is 2.30. The molecule has 0 bridgehead atoms. The van der Waals surface area contributed by atoms with E-state index in [-0.39, 0.29) is 12.2 Å². The fourth-order valence-corrected chi connectivity index (χ4v) is 2.33. The predicted octanol–water partition coefficient (Wildman–Crippen LogP) is 3.53. The number of aryl methyl sites for hydroxylation is 2. The van der Waals surface area contributed by atoms with Crippen molar-refractivity contribution in [3.63, 3.8) is 0 Å². The molecule has 1 heterocycles. The fraction of sp³-hybridized carbons (Fsp3) is 0.286. The van der Waals surface area contributed by atoms with Crippen LogP contribution in [0.1, 0.15) is 28.7 Å². The molecule has 0 saturated carbocycles. The van der Waals surface area contributed by atoms with Gasteiger partial charge in [0.1, 0.15) is 0 Å². The number of benzene rings is 1. The van der Waals surface area contributed by atoms with Crippen molar-refractivity contribution in [2.45, 2.75) is 26.8 Å². The van der Waals surface area contributed by atoms with Crippen LogP contribution in [0.25, 0.3) is 0 Å². The van der Waals surface area contributed by atoms with Gasteiger partial charge in [0, 0.05) is 12.1 Å². The summed E-state index contributed by atoms with van der Waals surface area (Å²) in [6.45, 7) is 4.44. The molecule has 6 heteroatoms. The normalized spacial score (nSPS) is 10.8. The summed E-state index contributed by atoms with van der Waals surface area (Å²) in [5, 5.41) is 5.28. The van der Waals surface area contributed by atoms with E-state index in [0.717, 1.165) is 11.4 Å². The van der Waals surface area contributed by atoms with Crippen molar-refractivity contribution >= 4 is 34.7 Å². The van der Waals surface area contributed by atoms with E-state index in [2.05, 4.69) is 5.10 Å². The SMILES string of the molecule is CCn1nc(C)c(Cl)c1CC(=O)c1ccc(Cl)c(N)c1. The van der Waals surface area contributed by atoms with E-state index < -0.39 is 0 Å². The topological polar surface area (TPSA) is 60.9 Å². The largest absolute Gasteiger partial charge is 0.398 e. The number of nitrogen functional groups attached to an aromatic ring is 1. The van der Waals surface area contributed by atoms with Gasteiger partial charge in [-0.15, -0.1) is 0 Å². The van der Waals surface area contributed by atoms with Gasteiger partial charge < -0.3 is 5.73 Å². The van der Waals surface area contributed by atoms with E-state index in [1.807, 2.05) is 13.8 Å². The van der Waals surface area contributed by atoms with Gasteiger partial charge in [-0.25, -0.2) is 0 Å². The predicted molar refractivity (Wildman–Crippen MR) is 81.5 cm³/mol. The first-order valence-electron chi connectivity index (χ1n) is 6.24. The summed E-state index contributed by atoms with van der Waals surface area (Å²) in [5.41, 5.74) is 8.08. The van der Waals surface area contributed by atoms with E-state index in [1.54, 1.807) is 22.9 Å². The fourth-order valence-electron chi connectivity index (χ4n) is 2.01. The average Bonchev–Trinajstić information content (AvgIpc) is 2.69. The van der Waals surface area contributed by atoms with Crippen LogP contribution in [-0.4, -0.2) is 15.6 Å². The number of hydrogen-bond donors (Lipinski definition) is 1. The molecule has 2 rings (SSSR count). The first kappa shape index (κ1) is 14.9. The second-order valence-corrected chi connectivity index (χ2v) is 5.28. The highest BCUT2D eigenvalue weighted by Crippen LogP contribution is 2.24. The standard InChI is InChI=1S/C14H15Cl2N3O/c1-3-19-12(14(16)8(2)18-19)7-13(20)9-4-5-10(15)11(17)6-9/h4-6H,3,7,17H2,1-2H3. The maximum atomic E-state index is 12.3. The first-order chi connectivity index (χ1) is 9.43. The van der Waals surface area contributed by atoms with Gasteiger partial charge in [0.05, 0.1) is 33.5 Å². The lowest BCUT2D eigenvalue weighted by atomic mass is 10.1. The summed E-state index contributed by atoms with van der Waals surface area (Å²) in [7, 11) is 0. The molecule has 0 radical (unpaired) electrons. The third kappa shape index (κ3) is 2.81. The van der Waals surface area contributed by atoms with E-state index in [4.69, 9.17) is 28.9 Å². The molecule has 0 fully saturated rings. The molecule has 2 aromatic rings. The smallest absolute Gasteiger partial charge is 0.168 e. The number of rotatable bonds is 4. The Hall–Kier alpha value is -1.52. The number of aromatic nitrogens is 2. The Labute approximate surface area is 127 Å². The van der Waals surface area contributed by atoms with Crippen molar-refractivity contribution in [1.82, 2.24) is 9.78 Å². The molecule has 1 aromatic carbocycles. The highest BCUT2D eigenvalue weighted by atomic mass is 35.5. The second kappa shape index (κ2) is 5.85. The molecular weight excluding hydrogens is 297 g/mol. The molecule has 20 heavy (non-hydrogen) atoms. The van der Waals surface area contributed by atoms with Crippen LogP contribution in [0, 0.1) is 6.92 Å². The lowest BCUT2D eigenvalue weighted by Crippen LogP contribution is -2.10. The number of Topliss-reactive ketones (excluding diaryl/α,β-unsaturated/α-hetero) is 1. The molecule has 4 nitrogen and oxygen atoms in total. The maximum absolute atomic E-state index is 12.3. The van der Waals surface area contributed by atoms with Gasteiger partial charge in [0.15, 0.2) is 5.78 Å². The molecule has 0 spiro atoms. The quantitative estimate of drug-likeness (QED) is 0.694. The zero-order chi connectivity index (χ0) is 14.9. The minimum atomic E-state index is -0.0649.